The highest BCUT2D eigenvalue weighted by atomic mass is 19.1. The number of hydrogen-bond donors (Lipinski definition) is 2. The van der Waals surface area contributed by atoms with Crippen LogP contribution in [0.15, 0.2) is 42.9 Å². The van der Waals surface area contributed by atoms with Crippen molar-refractivity contribution in [1.29, 1.82) is 0 Å². The summed E-state index contributed by atoms with van der Waals surface area (Å²) in [5.74, 6) is -0.999. The Balaban J connectivity index is 1.55. The van der Waals surface area contributed by atoms with Gasteiger partial charge in [0.1, 0.15) is 11.6 Å². The van der Waals surface area contributed by atoms with Crippen LogP contribution in [0.2, 0.25) is 0 Å². The molecule has 0 saturated carbocycles. The molecule has 0 amide bonds. The van der Waals surface area contributed by atoms with Crippen LogP contribution >= 0.6 is 0 Å². The Morgan fingerprint density at radius 2 is 1.93 bits per heavy atom. The first-order valence-corrected chi connectivity index (χ1v) is 8.90. The van der Waals surface area contributed by atoms with E-state index < -0.39 is 11.6 Å². The zero-order chi connectivity index (χ0) is 18.8. The number of rotatable bonds is 4. The van der Waals surface area contributed by atoms with Crippen LogP contribution < -0.4 is 5.32 Å². The molecule has 3 heterocycles. The van der Waals surface area contributed by atoms with Crippen molar-refractivity contribution in [1.82, 2.24) is 19.8 Å². The van der Waals surface area contributed by atoms with Crippen molar-refractivity contribution in [2.45, 2.75) is 18.9 Å². The molecule has 1 fully saturated rings. The summed E-state index contributed by atoms with van der Waals surface area (Å²) < 4.78 is 29.9. The van der Waals surface area contributed by atoms with Crippen molar-refractivity contribution in [3.05, 3.63) is 65.6 Å². The molecular weight excluding hydrogens is 350 g/mol. The van der Waals surface area contributed by atoms with Crippen LogP contribution in [0.1, 0.15) is 30.0 Å². The van der Waals surface area contributed by atoms with Gasteiger partial charge in [0.2, 0.25) is 0 Å². The molecule has 7 heteroatoms. The third kappa shape index (κ3) is 3.78. The maximum absolute atomic E-state index is 13.7. The van der Waals surface area contributed by atoms with Crippen LogP contribution in [0, 0.1) is 11.6 Å². The van der Waals surface area contributed by atoms with E-state index in [1.165, 1.54) is 12.3 Å². The molecule has 1 aliphatic rings. The van der Waals surface area contributed by atoms with Crippen LogP contribution in [-0.4, -0.2) is 32.8 Å². The SMILES string of the molecule is On1cc(C=Cc2cc(F)ccc2F)cc1-c1cnn(C2CCNCC2)c1. The van der Waals surface area contributed by atoms with Gasteiger partial charge in [-0.2, -0.15) is 9.83 Å². The average Bonchev–Trinajstić information content (AvgIpc) is 3.30. The summed E-state index contributed by atoms with van der Waals surface area (Å²) in [4.78, 5) is 0. The van der Waals surface area contributed by atoms with Crippen molar-refractivity contribution in [3.63, 3.8) is 0 Å². The number of piperidine rings is 1. The number of hydrogen-bond acceptors (Lipinski definition) is 3. The van der Waals surface area contributed by atoms with Gasteiger partial charge in [-0.05, 0) is 55.8 Å². The highest BCUT2D eigenvalue weighted by molar-refractivity contribution is 5.73. The Kier molecular flexibility index (Phi) is 4.77. The van der Waals surface area contributed by atoms with Crippen molar-refractivity contribution in [2.24, 2.45) is 0 Å². The molecular formula is C20H20F2N4O. The lowest BCUT2D eigenvalue weighted by Gasteiger charge is -2.22. The summed E-state index contributed by atoms with van der Waals surface area (Å²) in [6.45, 7) is 1.95. The zero-order valence-electron chi connectivity index (χ0n) is 14.6. The molecule has 2 aromatic heterocycles. The van der Waals surface area contributed by atoms with Crippen molar-refractivity contribution in [3.8, 4) is 11.3 Å². The van der Waals surface area contributed by atoms with E-state index in [1.54, 1.807) is 18.3 Å². The van der Waals surface area contributed by atoms with Crippen LogP contribution in [0.5, 0.6) is 0 Å². The normalized spacial score (nSPS) is 15.6. The molecule has 1 saturated heterocycles. The molecule has 0 unspecified atom stereocenters. The zero-order valence-corrected chi connectivity index (χ0v) is 14.6. The smallest absolute Gasteiger partial charge is 0.130 e. The van der Waals surface area contributed by atoms with E-state index in [4.69, 9.17) is 0 Å². The molecule has 27 heavy (non-hydrogen) atoms. The van der Waals surface area contributed by atoms with Crippen LogP contribution in [0.4, 0.5) is 8.78 Å². The summed E-state index contributed by atoms with van der Waals surface area (Å²) in [7, 11) is 0. The first-order chi connectivity index (χ1) is 13.1. The van der Waals surface area contributed by atoms with Gasteiger partial charge in [0.05, 0.1) is 24.1 Å². The Bertz CT molecular complexity index is 970. The van der Waals surface area contributed by atoms with Gasteiger partial charge in [-0.15, -0.1) is 0 Å². The lowest BCUT2D eigenvalue weighted by atomic mass is 10.1. The molecule has 0 atom stereocenters. The van der Waals surface area contributed by atoms with Crippen molar-refractivity contribution < 1.29 is 14.0 Å². The Hall–Kier alpha value is -2.93. The van der Waals surface area contributed by atoms with Gasteiger partial charge in [0.25, 0.3) is 0 Å². The molecule has 3 aromatic rings. The highest BCUT2D eigenvalue weighted by Gasteiger charge is 2.17. The van der Waals surface area contributed by atoms with Gasteiger partial charge in [0, 0.05) is 17.3 Å². The van der Waals surface area contributed by atoms with Crippen molar-refractivity contribution >= 4 is 12.2 Å². The monoisotopic (exact) mass is 370 g/mol. The fourth-order valence-electron chi connectivity index (χ4n) is 3.35. The quantitative estimate of drug-likeness (QED) is 0.684. The molecule has 0 spiro atoms. The number of benzene rings is 1. The van der Waals surface area contributed by atoms with Gasteiger partial charge in [-0.25, -0.2) is 8.78 Å². The molecule has 140 valence electrons. The number of aromatic nitrogens is 3. The number of nitrogens with one attached hydrogen (secondary N) is 1. The molecule has 1 aliphatic heterocycles. The summed E-state index contributed by atoms with van der Waals surface area (Å²) >= 11 is 0. The van der Waals surface area contributed by atoms with Gasteiger partial charge in [-0.3, -0.25) is 4.68 Å². The second kappa shape index (κ2) is 7.36. The van der Waals surface area contributed by atoms with E-state index in [1.807, 2.05) is 10.9 Å². The van der Waals surface area contributed by atoms with Crippen molar-refractivity contribution in [2.75, 3.05) is 13.1 Å². The minimum atomic E-state index is -0.500. The van der Waals surface area contributed by atoms with Crippen LogP contribution in [-0.2, 0) is 0 Å². The highest BCUT2D eigenvalue weighted by Crippen LogP contribution is 2.25. The molecule has 0 radical (unpaired) electrons. The van der Waals surface area contributed by atoms with E-state index in [9.17, 15) is 14.0 Å². The Labute approximate surface area is 155 Å². The van der Waals surface area contributed by atoms with E-state index in [-0.39, 0.29) is 5.56 Å². The number of halogens is 2. The molecule has 2 N–H and O–H groups in total. The molecule has 0 aliphatic carbocycles. The molecule has 4 rings (SSSR count). The lowest BCUT2D eigenvalue weighted by molar-refractivity contribution is 0.192. The minimum absolute atomic E-state index is 0.154. The predicted molar refractivity (Wildman–Crippen MR) is 99.3 cm³/mol. The van der Waals surface area contributed by atoms with Gasteiger partial charge >= 0.3 is 0 Å². The molecule has 5 nitrogen and oxygen atoms in total. The van der Waals surface area contributed by atoms with Crippen LogP contribution in [0.3, 0.4) is 0 Å². The van der Waals surface area contributed by atoms with E-state index >= 15 is 0 Å². The van der Waals surface area contributed by atoms with Gasteiger partial charge in [-0.1, -0.05) is 12.2 Å². The Morgan fingerprint density at radius 1 is 1.11 bits per heavy atom. The second-order valence-corrected chi connectivity index (χ2v) is 6.69. The minimum Gasteiger partial charge on any atom is -0.428 e. The Morgan fingerprint density at radius 3 is 2.74 bits per heavy atom. The third-order valence-corrected chi connectivity index (χ3v) is 4.82. The first kappa shape index (κ1) is 17.5. The van der Waals surface area contributed by atoms with E-state index in [0.717, 1.165) is 54.4 Å². The predicted octanol–water partition coefficient (Wildman–Crippen LogP) is 3.96. The van der Waals surface area contributed by atoms with Gasteiger partial charge < -0.3 is 10.5 Å². The topological polar surface area (TPSA) is 55.0 Å². The first-order valence-electron chi connectivity index (χ1n) is 8.90. The summed E-state index contributed by atoms with van der Waals surface area (Å²) in [5, 5.41) is 18.0. The largest absolute Gasteiger partial charge is 0.428 e. The maximum atomic E-state index is 13.7. The standard InChI is InChI=1S/C20H20F2N4O/c21-17-3-4-19(22)15(10-17)2-1-14-9-20(26(27)12-14)16-11-24-25(13-16)18-5-7-23-8-6-18/h1-4,9-13,18,23,27H,5-8H2. The van der Waals surface area contributed by atoms with Gasteiger partial charge in [0.15, 0.2) is 0 Å². The third-order valence-electron chi connectivity index (χ3n) is 4.82. The average molecular weight is 370 g/mol. The maximum Gasteiger partial charge on any atom is 0.130 e. The fourth-order valence-corrected chi connectivity index (χ4v) is 3.35. The lowest BCUT2D eigenvalue weighted by Crippen LogP contribution is -2.29. The second-order valence-electron chi connectivity index (χ2n) is 6.69. The summed E-state index contributed by atoms with van der Waals surface area (Å²) in [5.41, 5.74) is 2.22. The number of nitrogens with zero attached hydrogens (tertiary/aromatic N) is 3. The van der Waals surface area contributed by atoms with E-state index in [0.29, 0.717) is 17.3 Å². The van der Waals surface area contributed by atoms with Crippen LogP contribution in [0.25, 0.3) is 23.4 Å². The summed E-state index contributed by atoms with van der Waals surface area (Å²) in [6.07, 6.45) is 10.3. The summed E-state index contributed by atoms with van der Waals surface area (Å²) in [6, 6.07) is 5.43. The molecule has 0 bridgehead atoms. The fraction of sp³-hybridized carbons (Fsp3) is 0.250. The van der Waals surface area contributed by atoms with E-state index in [2.05, 4.69) is 10.4 Å². The molecule has 1 aromatic carbocycles.